The van der Waals surface area contributed by atoms with Gasteiger partial charge in [0.25, 0.3) is 5.56 Å². The monoisotopic (exact) mass is 244 g/mol. The summed E-state index contributed by atoms with van der Waals surface area (Å²) in [5, 5.41) is 1.30. The number of primary amides is 1. The maximum atomic E-state index is 12.0. The van der Waals surface area contributed by atoms with Crippen LogP contribution >= 0.6 is 0 Å². The first kappa shape index (κ1) is 12.4. The zero-order valence-corrected chi connectivity index (χ0v) is 10.7. The third-order valence-electron chi connectivity index (χ3n) is 2.94. The number of rotatable bonds is 1. The standard InChI is InChI=1S/C14H16N2O2/c1-14(2,3)11-7-8-4-5-9(12(15)17)6-10(8)13(18)16-11/h4-7H,1-3H3,(H2,15,17)(H,16,18). The molecule has 2 aromatic rings. The molecule has 18 heavy (non-hydrogen) atoms. The van der Waals surface area contributed by atoms with Gasteiger partial charge in [0.15, 0.2) is 0 Å². The number of nitrogens with two attached hydrogens (primary N) is 1. The number of fused-ring (bicyclic) bond motifs is 1. The highest BCUT2D eigenvalue weighted by Gasteiger charge is 2.16. The van der Waals surface area contributed by atoms with E-state index in [9.17, 15) is 9.59 Å². The van der Waals surface area contributed by atoms with Crippen LogP contribution < -0.4 is 11.3 Å². The first-order valence-corrected chi connectivity index (χ1v) is 5.76. The number of nitrogens with one attached hydrogen (secondary N) is 1. The van der Waals surface area contributed by atoms with Crippen LogP contribution in [0.3, 0.4) is 0 Å². The largest absolute Gasteiger partial charge is 0.366 e. The molecule has 1 aromatic heterocycles. The van der Waals surface area contributed by atoms with Crippen molar-refractivity contribution >= 4 is 16.7 Å². The van der Waals surface area contributed by atoms with Crippen molar-refractivity contribution in [3.8, 4) is 0 Å². The zero-order chi connectivity index (χ0) is 13.5. The smallest absolute Gasteiger partial charge is 0.256 e. The van der Waals surface area contributed by atoms with E-state index in [1.807, 2.05) is 26.8 Å². The molecule has 0 unspecified atom stereocenters. The van der Waals surface area contributed by atoms with E-state index >= 15 is 0 Å². The zero-order valence-electron chi connectivity index (χ0n) is 10.7. The van der Waals surface area contributed by atoms with Crippen LogP contribution in [0.1, 0.15) is 36.8 Å². The third-order valence-corrected chi connectivity index (χ3v) is 2.94. The van der Waals surface area contributed by atoms with Crippen molar-refractivity contribution < 1.29 is 4.79 Å². The second-order valence-corrected chi connectivity index (χ2v) is 5.43. The highest BCUT2D eigenvalue weighted by Crippen LogP contribution is 2.22. The molecule has 0 aliphatic carbocycles. The fraction of sp³-hybridized carbons (Fsp3) is 0.286. The van der Waals surface area contributed by atoms with Crippen LogP contribution in [-0.4, -0.2) is 10.9 Å². The molecule has 0 bridgehead atoms. The van der Waals surface area contributed by atoms with Gasteiger partial charge in [-0.05, 0) is 23.6 Å². The number of carbonyl (C=O) groups is 1. The molecule has 0 atom stereocenters. The van der Waals surface area contributed by atoms with Crippen molar-refractivity contribution in [2.24, 2.45) is 5.73 Å². The topological polar surface area (TPSA) is 76.0 Å². The molecule has 0 saturated heterocycles. The summed E-state index contributed by atoms with van der Waals surface area (Å²) in [7, 11) is 0. The van der Waals surface area contributed by atoms with Gasteiger partial charge in [-0.15, -0.1) is 0 Å². The number of amides is 1. The number of pyridine rings is 1. The Morgan fingerprint density at radius 3 is 2.44 bits per heavy atom. The summed E-state index contributed by atoms with van der Waals surface area (Å²) >= 11 is 0. The van der Waals surface area contributed by atoms with E-state index in [0.29, 0.717) is 10.9 Å². The summed E-state index contributed by atoms with van der Waals surface area (Å²) in [6.07, 6.45) is 0. The minimum atomic E-state index is -0.531. The molecule has 1 heterocycles. The molecular weight excluding hydrogens is 228 g/mol. The van der Waals surface area contributed by atoms with Crippen molar-refractivity contribution in [2.75, 3.05) is 0 Å². The van der Waals surface area contributed by atoms with Crippen molar-refractivity contribution in [3.05, 3.63) is 45.9 Å². The number of aromatic nitrogens is 1. The Bertz CT molecular complexity index is 678. The summed E-state index contributed by atoms with van der Waals surface area (Å²) in [6.45, 7) is 6.09. The van der Waals surface area contributed by atoms with Gasteiger partial charge in [-0.3, -0.25) is 9.59 Å². The third kappa shape index (κ3) is 2.14. The summed E-state index contributed by atoms with van der Waals surface area (Å²) in [6, 6.07) is 6.85. The van der Waals surface area contributed by atoms with Gasteiger partial charge >= 0.3 is 0 Å². The molecule has 0 aliphatic rings. The van der Waals surface area contributed by atoms with Gasteiger partial charge < -0.3 is 10.7 Å². The molecule has 0 spiro atoms. The van der Waals surface area contributed by atoms with E-state index in [1.165, 1.54) is 6.07 Å². The molecule has 0 radical (unpaired) electrons. The van der Waals surface area contributed by atoms with Crippen molar-refractivity contribution in [3.63, 3.8) is 0 Å². The van der Waals surface area contributed by atoms with Crippen molar-refractivity contribution in [1.29, 1.82) is 0 Å². The Balaban J connectivity index is 2.74. The first-order valence-electron chi connectivity index (χ1n) is 5.76. The summed E-state index contributed by atoms with van der Waals surface area (Å²) in [4.78, 5) is 26.0. The molecule has 1 amide bonds. The molecule has 4 nitrogen and oxygen atoms in total. The minimum absolute atomic E-state index is 0.129. The van der Waals surface area contributed by atoms with E-state index in [2.05, 4.69) is 4.98 Å². The Morgan fingerprint density at radius 2 is 1.89 bits per heavy atom. The van der Waals surface area contributed by atoms with E-state index in [0.717, 1.165) is 11.1 Å². The quantitative estimate of drug-likeness (QED) is 0.804. The van der Waals surface area contributed by atoms with Crippen LogP contribution in [0.15, 0.2) is 29.1 Å². The van der Waals surface area contributed by atoms with Gasteiger partial charge in [0.2, 0.25) is 5.91 Å². The second-order valence-electron chi connectivity index (χ2n) is 5.43. The Kier molecular flexibility index (Phi) is 2.73. The predicted octanol–water partition coefficient (Wildman–Crippen LogP) is 1.92. The highest BCUT2D eigenvalue weighted by molar-refractivity contribution is 5.97. The van der Waals surface area contributed by atoms with Crippen LogP contribution in [-0.2, 0) is 5.41 Å². The maximum absolute atomic E-state index is 12.0. The maximum Gasteiger partial charge on any atom is 0.256 e. The number of carbonyl (C=O) groups excluding carboxylic acids is 1. The van der Waals surface area contributed by atoms with Gasteiger partial charge in [-0.1, -0.05) is 26.8 Å². The van der Waals surface area contributed by atoms with Gasteiger partial charge in [0, 0.05) is 22.1 Å². The van der Waals surface area contributed by atoms with Gasteiger partial charge in [0.05, 0.1) is 0 Å². The lowest BCUT2D eigenvalue weighted by molar-refractivity contribution is 0.100. The minimum Gasteiger partial charge on any atom is -0.366 e. The fourth-order valence-electron chi connectivity index (χ4n) is 1.82. The summed E-state index contributed by atoms with van der Waals surface area (Å²) < 4.78 is 0. The number of hydrogen-bond donors (Lipinski definition) is 2. The summed E-state index contributed by atoms with van der Waals surface area (Å²) in [5.41, 5.74) is 6.09. The van der Waals surface area contributed by atoms with E-state index < -0.39 is 5.91 Å². The van der Waals surface area contributed by atoms with Crippen LogP contribution in [0.5, 0.6) is 0 Å². The van der Waals surface area contributed by atoms with Gasteiger partial charge in [-0.25, -0.2) is 0 Å². The lowest BCUT2D eigenvalue weighted by Gasteiger charge is -2.18. The molecule has 0 saturated carbocycles. The number of H-pyrrole nitrogens is 1. The second kappa shape index (κ2) is 3.98. The SMILES string of the molecule is CC(C)(C)c1cc2ccc(C(N)=O)cc2c(=O)[nH]1. The number of hydrogen-bond acceptors (Lipinski definition) is 2. The van der Waals surface area contributed by atoms with Crippen molar-refractivity contribution in [2.45, 2.75) is 26.2 Å². The first-order chi connectivity index (χ1) is 8.29. The average molecular weight is 244 g/mol. The molecule has 3 N–H and O–H groups in total. The lowest BCUT2D eigenvalue weighted by atomic mass is 9.90. The molecular formula is C14H16N2O2. The molecule has 0 aliphatic heterocycles. The number of aromatic amines is 1. The van der Waals surface area contributed by atoms with E-state index in [4.69, 9.17) is 5.73 Å². The van der Waals surface area contributed by atoms with E-state index in [-0.39, 0.29) is 11.0 Å². The molecule has 94 valence electrons. The predicted molar refractivity (Wildman–Crippen MR) is 71.8 cm³/mol. The Labute approximate surface area is 105 Å². The fourth-order valence-corrected chi connectivity index (χ4v) is 1.82. The number of benzene rings is 1. The van der Waals surface area contributed by atoms with Gasteiger partial charge in [0.1, 0.15) is 0 Å². The molecule has 0 fully saturated rings. The Hall–Kier alpha value is -2.10. The van der Waals surface area contributed by atoms with Gasteiger partial charge in [-0.2, -0.15) is 0 Å². The van der Waals surface area contributed by atoms with Crippen molar-refractivity contribution in [1.82, 2.24) is 4.98 Å². The Morgan fingerprint density at radius 1 is 1.22 bits per heavy atom. The van der Waals surface area contributed by atoms with Crippen LogP contribution in [0.4, 0.5) is 0 Å². The molecule has 2 rings (SSSR count). The highest BCUT2D eigenvalue weighted by atomic mass is 16.1. The molecule has 1 aromatic carbocycles. The molecule has 4 heteroatoms. The van der Waals surface area contributed by atoms with Crippen LogP contribution in [0, 0.1) is 0 Å². The normalized spacial score (nSPS) is 11.7. The van der Waals surface area contributed by atoms with Crippen LogP contribution in [0.25, 0.3) is 10.8 Å². The van der Waals surface area contributed by atoms with E-state index in [1.54, 1.807) is 12.1 Å². The van der Waals surface area contributed by atoms with Crippen LogP contribution in [0.2, 0.25) is 0 Å². The lowest BCUT2D eigenvalue weighted by Crippen LogP contribution is -2.20. The summed E-state index contributed by atoms with van der Waals surface area (Å²) in [5.74, 6) is -0.531. The average Bonchev–Trinajstić information content (AvgIpc) is 2.27.